The molecule has 0 saturated heterocycles. The van der Waals surface area contributed by atoms with Crippen LogP contribution in [-0.4, -0.2) is 14.3 Å². The van der Waals surface area contributed by atoms with Crippen molar-refractivity contribution in [3.8, 4) is 0 Å². The first kappa shape index (κ1) is 17.0. The number of amides is 1. The Bertz CT molecular complexity index is 892. The Hall–Kier alpha value is -1.86. The summed E-state index contributed by atoms with van der Waals surface area (Å²) in [6, 6.07) is 11.7. The second-order valence-electron chi connectivity index (χ2n) is 5.88. The van der Waals surface area contributed by atoms with Crippen LogP contribution in [0.4, 0.5) is 11.4 Å². The van der Waals surface area contributed by atoms with Gasteiger partial charge >= 0.3 is 0 Å². The van der Waals surface area contributed by atoms with Crippen LogP contribution < -0.4 is 10.0 Å². The van der Waals surface area contributed by atoms with Crippen molar-refractivity contribution in [2.45, 2.75) is 24.7 Å². The van der Waals surface area contributed by atoms with E-state index in [9.17, 15) is 13.2 Å². The molecule has 7 heteroatoms. The lowest BCUT2D eigenvalue weighted by Gasteiger charge is -2.12. The van der Waals surface area contributed by atoms with Gasteiger partial charge < -0.3 is 5.32 Å². The third-order valence-electron chi connectivity index (χ3n) is 3.73. The van der Waals surface area contributed by atoms with E-state index in [1.54, 1.807) is 24.3 Å². The molecule has 2 aromatic rings. The van der Waals surface area contributed by atoms with Crippen molar-refractivity contribution >= 4 is 43.2 Å². The zero-order chi connectivity index (χ0) is 17.3. The molecule has 0 spiro atoms. The minimum atomic E-state index is -3.75. The van der Waals surface area contributed by atoms with E-state index in [0.717, 1.165) is 18.4 Å². The number of carbonyl (C=O) groups excluding carboxylic acids is 1. The molecule has 5 nitrogen and oxygen atoms in total. The first-order chi connectivity index (χ1) is 11.3. The molecule has 0 aliphatic heterocycles. The van der Waals surface area contributed by atoms with Gasteiger partial charge in [-0.15, -0.1) is 0 Å². The molecule has 126 valence electrons. The maximum absolute atomic E-state index is 12.6. The predicted molar refractivity (Wildman–Crippen MR) is 97.5 cm³/mol. The lowest BCUT2D eigenvalue weighted by Crippen LogP contribution is -2.16. The van der Waals surface area contributed by atoms with Crippen molar-refractivity contribution in [1.29, 1.82) is 0 Å². The van der Waals surface area contributed by atoms with Crippen LogP contribution in [0, 0.1) is 12.8 Å². The maximum atomic E-state index is 12.6. The minimum Gasteiger partial charge on any atom is -0.326 e. The molecule has 0 heterocycles. The molecule has 2 N–H and O–H groups in total. The summed E-state index contributed by atoms with van der Waals surface area (Å²) in [7, 11) is -3.75. The lowest BCUT2D eigenvalue weighted by atomic mass is 10.2. The highest BCUT2D eigenvalue weighted by molar-refractivity contribution is 9.10. The second-order valence-corrected chi connectivity index (χ2v) is 8.42. The number of aryl methyl sites for hydroxylation is 1. The Morgan fingerprint density at radius 2 is 1.92 bits per heavy atom. The van der Waals surface area contributed by atoms with Gasteiger partial charge in [-0.25, -0.2) is 8.42 Å². The summed E-state index contributed by atoms with van der Waals surface area (Å²) in [6.45, 7) is 1.89. The van der Waals surface area contributed by atoms with Crippen LogP contribution in [0.3, 0.4) is 0 Å². The summed E-state index contributed by atoms with van der Waals surface area (Å²) in [5.41, 5.74) is 1.90. The number of hydrogen-bond donors (Lipinski definition) is 2. The van der Waals surface area contributed by atoms with Crippen LogP contribution in [0.2, 0.25) is 0 Å². The summed E-state index contributed by atoms with van der Waals surface area (Å²) in [5, 5.41) is 2.76. The first-order valence-electron chi connectivity index (χ1n) is 7.55. The molecule has 1 amide bonds. The molecule has 24 heavy (non-hydrogen) atoms. The highest BCUT2D eigenvalue weighted by Gasteiger charge is 2.29. The first-order valence-corrected chi connectivity index (χ1v) is 9.83. The van der Waals surface area contributed by atoms with Crippen molar-refractivity contribution in [2.24, 2.45) is 5.92 Å². The van der Waals surface area contributed by atoms with Gasteiger partial charge in [-0.1, -0.05) is 12.1 Å². The third-order valence-corrected chi connectivity index (χ3v) is 5.78. The van der Waals surface area contributed by atoms with Crippen LogP contribution in [0.25, 0.3) is 0 Å². The SMILES string of the molecule is Cc1ccc(Br)c(NS(=O)(=O)c2cccc(NC(=O)C3CC3)c2)c1. The average molecular weight is 409 g/mol. The highest BCUT2D eigenvalue weighted by Crippen LogP contribution is 2.31. The van der Waals surface area contributed by atoms with E-state index in [4.69, 9.17) is 0 Å². The molecule has 0 atom stereocenters. The van der Waals surface area contributed by atoms with Crippen LogP contribution in [-0.2, 0) is 14.8 Å². The van der Waals surface area contributed by atoms with Crippen LogP contribution in [0.1, 0.15) is 18.4 Å². The predicted octanol–water partition coefficient (Wildman–Crippen LogP) is 3.91. The van der Waals surface area contributed by atoms with Crippen LogP contribution in [0.5, 0.6) is 0 Å². The number of hydrogen-bond acceptors (Lipinski definition) is 3. The van der Waals surface area contributed by atoms with Crippen molar-refractivity contribution in [1.82, 2.24) is 0 Å². The Morgan fingerprint density at radius 1 is 1.17 bits per heavy atom. The fraction of sp³-hybridized carbons (Fsp3) is 0.235. The number of rotatable bonds is 5. The Kier molecular flexibility index (Phi) is 4.64. The molecule has 0 aromatic heterocycles. The van der Waals surface area contributed by atoms with Gasteiger partial charge in [0.15, 0.2) is 0 Å². The Morgan fingerprint density at radius 3 is 2.62 bits per heavy atom. The topological polar surface area (TPSA) is 75.3 Å². The minimum absolute atomic E-state index is 0.0565. The lowest BCUT2D eigenvalue weighted by molar-refractivity contribution is -0.117. The van der Waals surface area contributed by atoms with Crippen molar-refractivity contribution < 1.29 is 13.2 Å². The van der Waals surface area contributed by atoms with Gasteiger partial charge in [0.2, 0.25) is 5.91 Å². The summed E-state index contributed by atoms with van der Waals surface area (Å²) in [5.74, 6) is 0.00516. The Labute approximate surface area is 149 Å². The quantitative estimate of drug-likeness (QED) is 0.787. The number of benzene rings is 2. The van der Waals surface area contributed by atoms with Gasteiger partial charge in [0.25, 0.3) is 10.0 Å². The number of halogens is 1. The molecule has 1 aliphatic rings. The van der Waals surface area contributed by atoms with E-state index >= 15 is 0 Å². The van der Waals surface area contributed by atoms with Gasteiger partial charge in [-0.3, -0.25) is 9.52 Å². The standard InChI is InChI=1S/C17H17BrN2O3S/c1-11-5-8-15(18)16(9-11)20-24(22,23)14-4-2-3-13(10-14)19-17(21)12-6-7-12/h2-5,8-10,12,20H,6-7H2,1H3,(H,19,21). The van der Waals surface area contributed by atoms with E-state index in [1.165, 1.54) is 12.1 Å². The largest absolute Gasteiger partial charge is 0.326 e. The van der Waals surface area contributed by atoms with E-state index in [0.29, 0.717) is 15.8 Å². The maximum Gasteiger partial charge on any atom is 0.262 e. The van der Waals surface area contributed by atoms with E-state index in [-0.39, 0.29) is 16.7 Å². The smallest absolute Gasteiger partial charge is 0.262 e. The number of anilines is 2. The molecular formula is C17H17BrN2O3S. The fourth-order valence-corrected chi connectivity index (χ4v) is 3.84. The van der Waals surface area contributed by atoms with E-state index in [2.05, 4.69) is 26.0 Å². The monoisotopic (exact) mass is 408 g/mol. The van der Waals surface area contributed by atoms with E-state index < -0.39 is 10.0 Å². The highest BCUT2D eigenvalue weighted by atomic mass is 79.9. The molecule has 1 saturated carbocycles. The average Bonchev–Trinajstić information content (AvgIpc) is 3.36. The molecular weight excluding hydrogens is 392 g/mol. The van der Waals surface area contributed by atoms with Gasteiger partial charge in [-0.2, -0.15) is 0 Å². The van der Waals surface area contributed by atoms with Gasteiger partial charge in [0.1, 0.15) is 0 Å². The van der Waals surface area contributed by atoms with Crippen molar-refractivity contribution in [3.63, 3.8) is 0 Å². The Balaban J connectivity index is 1.83. The molecule has 0 radical (unpaired) electrons. The van der Waals surface area contributed by atoms with Gasteiger partial charge in [-0.05, 0) is 71.6 Å². The van der Waals surface area contributed by atoms with Crippen LogP contribution in [0.15, 0.2) is 51.8 Å². The molecule has 0 unspecified atom stereocenters. The second kappa shape index (κ2) is 6.57. The molecule has 1 aliphatic carbocycles. The normalized spacial score (nSPS) is 14.2. The van der Waals surface area contributed by atoms with Gasteiger partial charge in [0.05, 0.1) is 10.6 Å². The number of carbonyl (C=O) groups is 1. The summed E-state index contributed by atoms with van der Waals surface area (Å²) < 4.78 is 28.4. The van der Waals surface area contributed by atoms with Crippen molar-refractivity contribution in [2.75, 3.05) is 10.0 Å². The van der Waals surface area contributed by atoms with Crippen LogP contribution >= 0.6 is 15.9 Å². The summed E-state index contributed by atoms with van der Waals surface area (Å²) >= 11 is 3.34. The molecule has 2 aromatic carbocycles. The zero-order valence-electron chi connectivity index (χ0n) is 13.0. The molecule has 1 fully saturated rings. The number of sulfonamides is 1. The fourth-order valence-electron chi connectivity index (χ4n) is 2.25. The molecule has 3 rings (SSSR count). The van der Waals surface area contributed by atoms with Gasteiger partial charge in [0, 0.05) is 16.1 Å². The third kappa shape index (κ3) is 3.96. The van der Waals surface area contributed by atoms with E-state index in [1.807, 2.05) is 13.0 Å². The number of nitrogens with one attached hydrogen (secondary N) is 2. The summed E-state index contributed by atoms with van der Waals surface area (Å²) in [4.78, 5) is 11.9. The van der Waals surface area contributed by atoms with Crippen molar-refractivity contribution in [3.05, 3.63) is 52.5 Å². The summed E-state index contributed by atoms with van der Waals surface area (Å²) in [6.07, 6.45) is 1.79. The molecule has 0 bridgehead atoms. The zero-order valence-corrected chi connectivity index (χ0v) is 15.4.